The summed E-state index contributed by atoms with van der Waals surface area (Å²) in [5.41, 5.74) is 2.76. The van der Waals surface area contributed by atoms with Crippen LogP contribution in [0.3, 0.4) is 0 Å². The third kappa shape index (κ3) is 6.72. The largest absolute Gasteiger partial charge is 0.416 e. The Morgan fingerprint density at radius 3 is 1.21 bits per heavy atom. The van der Waals surface area contributed by atoms with Crippen molar-refractivity contribution >= 4 is 107 Å². The Bertz CT molecular complexity index is 4200. The standard InChI is InChI=1S/C59H31F5N4S2.C2H6/c1-58(60,61)34-20-22-38-36-10-2-6-14-46(36)67(48(38)28-34)56-44(30-65)54(32-18-24-52-42(26-32)40-12-4-8-16-50(40)69-52)55(33-19-25-53-43(27-33)41-13-5-9-17-51(41)70-53)45(31-66)57(56)68-47-15-7-3-11-37(47)39-23-21-35(29-49(39)68)59(62,63)64;1-2/h2-29H,1H3;1-2H3. The molecule has 0 atom stereocenters. The zero-order valence-corrected chi connectivity index (χ0v) is 40.3. The number of alkyl halides is 5. The average molecular weight is 985 g/mol. The van der Waals surface area contributed by atoms with Crippen LogP contribution in [-0.4, -0.2) is 9.13 Å². The van der Waals surface area contributed by atoms with E-state index >= 15 is 8.78 Å². The van der Waals surface area contributed by atoms with Crippen molar-refractivity contribution in [1.82, 2.24) is 9.13 Å². The number of nitriles is 2. The minimum Gasteiger partial charge on any atom is -0.306 e. The fourth-order valence-corrected chi connectivity index (χ4v) is 12.8. The Balaban J connectivity index is 0.00000262. The highest BCUT2D eigenvalue weighted by Crippen LogP contribution is 2.51. The summed E-state index contributed by atoms with van der Waals surface area (Å²) in [4.78, 5) is 0. The Morgan fingerprint density at radius 2 is 0.778 bits per heavy atom. The van der Waals surface area contributed by atoms with Crippen LogP contribution in [0.5, 0.6) is 0 Å². The molecule has 0 aliphatic carbocycles. The normalized spacial score (nSPS) is 12.1. The van der Waals surface area contributed by atoms with Gasteiger partial charge in [-0.25, -0.2) is 8.78 Å². The number of aromatic nitrogens is 2. The van der Waals surface area contributed by atoms with Gasteiger partial charge in [0.15, 0.2) is 0 Å². The molecular formula is C61H37F5N4S2. The van der Waals surface area contributed by atoms with Crippen molar-refractivity contribution < 1.29 is 22.0 Å². The van der Waals surface area contributed by atoms with Gasteiger partial charge in [0.2, 0.25) is 0 Å². The number of para-hydroxylation sites is 2. The summed E-state index contributed by atoms with van der Waals surface area (Å²) in [6.45, 7) is 4.82. The van der Waals surface area contributed by atoms with Gasteiger partial charge in [0, 0.05) is 85.5 Å². The number of rotatable bonds is 5. The van der Waals surface area contributed by atoms with E-state index in [1.807, 2.05) is 117 Å². The van der Waals surface area contributed by atoms with Crippen molar-refractivity contribution in [2.24, 2.45) is 0 Å². The summed E-state index contributed by atoms with van der Waals surface area (Å²) < 4.78 is 83.4. The molecule has 0 spiro atoms. The first kappa shape index (κ1) is 44.8. The van der Waals surface area contributed by atoms with Gasteiger partial charge < -0.3 is 9.13 Å². The van der Waals surface area contributed by atoms with E-state index in [-0.39, 0.29) is 33.6 Å². The summed E-state index contributed by atoms with van der Waals surface area (Å²) in [5.74, 6) is -3.27. The molecule has 11 heteroatoms. The van der Waals surface area contributed by atoms with Crippen molar-refractivity contribution in [2.75, 3.05) is 0 Å². The average Bonchev–Trinajstić information content (AvgIpc) is 4.15. The minimum atomic E-state index is -4.74. The molecule has 0 amide bonds. The molecule has 4 heterocycles. The van der Waals surface area contributed by atoms with Gasteiger partial charge in [-0.1, -0.05) is 117 Å². The molecule has 0 bridgehead atoms. The molecule has 13 aromatic rings. The van der Waals surface area contributed by atoms with E-state index in [1.54, 1.807) is 56.1 Å². The van der Waals surface area contributed by atoms with Crippen LogP contribution in [0.25, 0.3) is 118 Å². The van der Waals surface area contributed by atoms with Crippen molar-refractivity contribution in [3.05, 3.63) is 192 Å². The van der Waals surface area contributed by atoms with Crippen molar-refractivity contribution in [3.8, 4) is 45.8 Å². The molecule has 0 saturated heterocycles. The highest BCUT2D eigenvalue weighted by atomic mass is 32.1. The lowest BCUT2D eigenvalue weighted by molar-refractivity contribution is -0.137. The molecule has 13 rings (SSSR count). The second-order valence-electron chi connectivity index (χ2n) is 17.6. The Kier molecular flexibility index (Phi) is 10.4. The maximum absolute atomic E-state index is 15.5. The molecule has 4 nitrogen and oxygen atoms in total. The van der Waals surface area contributed by atoms with Crippen LogP contribution in [0.1, 0.15) is 43.0 Å². The van der Waals surface area contributed by atoms with Crippen LogP contribution in [0, 0.1) is 22.7 Å². The van der Waals surface area contributed by atoms with E-state index in [2.05, 4.69) is 24.3 Å². The first-order valence-electron chi connectivity index (χ1n) is 23.3. The zero-order valence-electron chi connectivity index (χ0n) is 38.7. The quantitative estimate of drug-likeness (QED) is 0.161. The summed E-state index contributed by atoms with van der Waals surface area (Å²) in [7, 11) is 0. The summed E-state index contributed by atoms with van der Waals surface area (Å²) >= 11 is 3.27. The van der Waals surface area contributed by atoms with Gasteiger partial charge in [-0.15, -0.1) is 22.7 Å². The number of hydrogen-bond donors (Lipinski definition) is 0. The van der Waals surface area contributed by atoms with Crippen molar-refractivity contribution in [3.63, 3.8) is 0 Å². The lowest BCUT2D eigenvalue weighted by Gasteiger charge is -2.25. The molecule has 0 fully saturated rings. The first-order valence-corrected chi connectivity index (χ1v) is 24.9. The lowest BCUT2D eigenvalue weighted by Crippen LogP contribution is -2.13. The van der Waals surface area contributed by atoms with Gasteiger partial charge in [0.1, 0.15) is 12.1 Å². The Hall–Kier alpha value is -8.35. The van der Waals surface area contributed by atoms with Crippen LogP contribution in [0.4, 0.5) is 22.0 Å². The topological polar surface area (TPSA) is 57.4 Å². The molecule has 0 saturated carbocycles. The van der Waals surface area contributed by atoms with E-state index in [9.17, 15) is 23.7 Å². The van der Waals surface area contributed by atoms with Crippen molar-refractivity contribution in [1.29, 1.82) is 10.5 Å². The lowest BCUT2D eigenvalue weighted by atomic mass is 9.84. The maximum atomic E-state index is 15.5. The van der Waals surface area contributed by atoms with Gasteiger partial charge in [0.25, 0.3) is 5.92 Å². The van der Waals surface area contributed by atoms with E-state index in [4.69, 9.17) is 0 Å². The zero-order chi connectivity index (χ0) is 49.8. The summed E-state index contributed by atoms with van der Waals surface area (Å²) in [6, 6.07) is 55.8. The van der Waals surface area contributed by atoms with Gasteiger partial charge in [-0.2, -0.15) is 23.7 Å². The second kappa shape index (κ2) is 16.6. The SMILES string of the molecule is CC.CC(F)(F)c1ccc2c3ccccc3n(-c3c(C#N)c(-c4ccc5sc6ccccc6c5c4)c(-c4ccc5sc6ccccc6c5c4)c(C#N)c3-n3c4ccccc4c4ccc(C(F)(F)F)cc43)c2c1. The number of halogens is 5. The maximum Gasteiger partial charge on any atom is 0.416 e. The predicted octanol–water partition coefficient (Wildman–Crippen LogP) is 18.9. The highest BCUT2D eigenvalue weighted by molar-refractivity contribution is 7.26. The predicted molar refractivity (Wildman–Crippen MR) is 287 cm³/mol. The number of nitrogens with zero attached hydrogens (tertiary/aromatic N) is 4. The fraction of sp³-hybridized carbons (Fsp3) is 0.0820. The van der Waals surface area contributed by atoms with Gasteiger partial charge in [-0.3, -0.25) is 0 Å². The first-order chi connectivity index (χ1) is 34.9. The summed E-state index contributed by atoms with van der Waals surface area (Å²) in [6.07, 6.45) is -4.74. The van der Waals surface area contributed by atoms with E-state index in [0.717, 1.165) is 59.4 Å². The second-order valence-corrected chi connectivity index (χ2v) is 19.8. The number of thiophene rings is 2. The van der Waals surface area contributed by atoms with Crippen LogP contribution in [-0.2, 0) is 12.1 Å². The summed E-state index contributed by atoms with van der Waals surface area (Å²) in [5, 5.41) is 30.5. The molecule has 0 N–H and O–H groups in total. The molecule has 348 valence electrons. The minimum absolute atomic E-state index is 0.0705. The number of fused-ring (bicyclic) bond motifs is 12. The Labute approximate surface area is 416 Å². The van der Waals surface area contributed by atoms with Gasteiger partial charge in [0.05, 0.1) is 50.1 Å². The van der Waals surface area contributed by atoms with Gasteiger partial charge in [-0.05, 0) is 77.9 Å². The number of benzene rings is 9. The monoisotopic (exact) mass is 984 g/mol. The molecule has 4 aromatic heterocycles. The van der Waals surface area contributed by atoms with E-state index < -0.39 is 17.7 Å². The molecule has 0 aliphatic heterocycles. The molecule has 9 aromatic carbocycles. The van der Waals surface area contributed by atoms with Crippen LogP contribution >= 0.6 is 22.7 Å². The van der Waals surface area contributed by atoms with E-state index in [0.29, 0.717) is 60.3 Å². The highest BCUT2D eigenvalue weighted by Gasteiger charge is 2.35. The number of hydrogen-bond acceptors (Lipinski definition) is 4. The fourth-order valence-electron chi connectivity index (χ4n) is 10.6. The third-order valence-corrected chi connectivity index (χ3v) is 15.9. The molecule has 0 aliphatic rings. The molecule has 0 unspecified atom stereocenters. The van der Waals surface area contributed by atoms with Crippen molar-refractivity contribution in [2.45, 2.75) is 32.9 Å². The van der Waals surface area contributed by atoms with Crippen LogP contribution in [0.2, 0.25) is 0 Å². The molecule has 0 radical (unpaired) electrons. The molecular weight excluding hydrogens is 948 g/mol. The Morgan fingerprint density at radius 1 is 0.403 bits per heavy atom. The molecule has 72 heavy (non-hydrogen) atoms. The van der Waals surface area contributed by atoms with Crippen LogP contribution in [0.15, 0.2) is 170 Å². The smallest absolute Gasteiger partial charge is 0.306 e. The third-order valence-electron chi connectivity index (χ3n) is 13.6. The van der Waals surface area contributed by atoms with Gasteiger partial charge >= 0.3 is 6.18 Å². The van der Waals surface area contributed by atoms with Crippen LogP contribution < -0.4 is 0 Å². The van der Waals surface area contributed by atoms with E-state index in [1.165, 1.54) is 18.2 Å².